The Morgan fingerprint density at radius 1 is 1.33 bits per heavy atom. The number of carbonyl (C=O) groups is 2. The highest BCUT2D eigenvalue weighted by molar-refractivity contribution is 7.52. The van der Waals surface area contributed by atoms with Gasteiger partial charge in [0.2, 0.25) is 0 Å². The summed E-state index contributed by atoms with van der Waals surface area (Å²) in [4.78, 5) is 31.4. The first-order valence-electron chi connectivity index (χ1n) is 6.02. The van der Waals surface area contributed by atoms with E-state index in [2.05, 4.69) is 0 Å². The van der Waals surface area contributed by atoms with E-state index in [4.69, 9.17) is 14.9 Å². The molecule has 0 radical (unpaired) electrons. The highest BCUT2D eigenvalue weighted by atomic mass is 31.1. The van der Waals surface area contributed by atoms with E-state index in [-0.39, 0.29) is 24.8 Å². The number of aliphatic carboxylic acids is 2. The molecule has 0 amide bonds. The molecule has 3 unspecified atom stereocenters. The van der Waals surface area contributed by atoms with Crippen LogP contribution in [0.15, 0.2) is 0 Å². The Bertz CT molecular complexity index is 289. The van der Waals surface area contributed by atoms with Gasteiger partial charge in [-0.1, -0.05) is 0 Å². The van der Waals surface area contributed by atoms with Crippen molar-refractivity contribution in [2.45, 2.75) is 37.9 Å². The van der Waals surface area contributed by atoms with E-state index in [1.54, 1.807) is 0 Å². The zero-order chi connectivity index (χ0) is 13.5. The van der Waals surface area contributed by atoms with Crippen LogP contribution in [0.5, 0.6) is 0 Å². The molecule has 18 heavy (non-hydrogen) atoms. The molecule has 1 heterocycles. The molecule has 1 fully saturated rings. The van der Waals surface area contributed by atoms with E-state index in [0.29, 0.717) is 6.61 Å². The van der Waals surface area contributed by atoms with Crippen LogP contribution >= 0.6 is 8.15 Å². The number of hydrogen-bond donors (Lipinski definition) is 3. The average molecular weight is 278 g/mol. The smallest absolute Gasteiger partial charge is 0.306 e. The fourth-order valence-electron chi connectivity index (χ4n) is 1.89. The van der Waals surface area contributed by atoms with Crippen LogP contribution in [0.3, 0.4) is 0 Å². The second-order valence-electron chi connectivity index (χ2n) is 4.41. The predicted molar refractivity (Wildman–Crippen MR) is 65.6 cm³/mol. The first-order chi connectivity index (χ1) is 8.50. The van der Waals surface area contributed by atoms with Gasteiger partial charge in [0.15, 0.2) is 0 Å². The topological polar surface area (TPSA) is 104 Å². The van der Waals surface area contributed by atoms with Gasteiger partial charge in [0.05, 0.1) is 14.1 Å². The van der Waals surface area contributed by atoms with Crippen molar-refractivity contribution in [2.24, 2.45) is 5.92 Å². The molecule has 0 aromatic rings. The molecule has 1 aliphatic rings. The second-order valence-corrected chi connectivity index (χ2v) is 6.23. The van der Waals surface area contributed by atoms with Crippen LogP contribution in [0.1, 0.15) is 32.1 Å². The number of carboxylic acids is 2. The minimum atomic E-state index is -1.50. The number of hydrogen-bond acceptors (Lipinski definition) is 4. The molecule has 1 aliphatic heterocycles. The molecule has 0 aromatic heterocycles. The maximum absolute atomic E-state index is 11.0. The maximum atomic E-state index is 11.0. The molecular formula is C11H19O6P. The fraction of sp³-hybridized carbons (Fsp3) is 0.818. The Kier molecular flexibility index (Phi) is 6.54. The summed E-state index contributed by atoms with van der Waals surface area (Å²) in [5.41, 5.74) is 0. The number of carboxylic acid groups (broad SMARTS) is 2. The van der Waals surface area contributed by atoms with E-state index >= 15 is 0 Å². The van der Waals surface area contributed by atoms with Gasteiger partial charge in [0.1, 0.15) is 5.85 Å². The molecular weight excluding hydrogens is 259 g/mol. The average Bonchev–Trinajstić information content (AvgIpc) is 2.34. The summed E-state index contributed by atoms with van der Waals surface area (Å²) in [6, 6.07) is 0. The molecule has 1 saturated heterocycles. The molecule has 7 heteroatoms. The molecule has 0 aliphatic carbocycles. The van der Waals surface area contributed by atoms with Gasteiger partial charge in [-0.3, -0.25) is 9.59 Å². The van der Waals surface area contributed by atoms with E-state index in [9.17, 15) is 14.5 Å². The highest BCUT2D eigenvalue weighted by Crippen LogP contribution is 2.43. The molecule has 0 spiro atoms. The Hall–Kier alpha value is -0.710. The van der Waals surface area contributed by atoms with Gasteiger partial charge in [-0.2, -0.15) is 0 Å². The summed E-state index contributed by atoms with van der Waals surface area (Å²) < 4.78 is 5.42. The van der Waals surface area contributed by atoms with Gasteiger partial charge >= 0.3 is 11.9 Å². The normalized spacial score (nSPS) is 23.3. The third-order valence-corrected chi connectivity index (χ3v) is 4.84. The van der Waals surface area contributed by atoms with Crippen LogP contribution in [-0.4, -0.2) is 45.7 Å². The summed E-state index contributed by atoms with van der Waals surface area (Å²) in [5.74, 6) is -3.12. The summed E-state index contributed by atoms with van der Waals surface area (Å²) in [6.45, 7) is 0.608. The van der Waals surface area contributed by atoms with E-state index in [1.807, 2.05) is 0 Å². The lowest BCUT2D eigenvalue weighted by Gasteiger charge is -2.28. The van der Waals surface area contributed by atoms with Crippen LogP contribution < -0.4 is 0 Å². The van der Waals surface area contributed by atoms with Gasteiger partial charge in [0, 0.05) is 19.2 Å². The molecule has 3 atom stereocenters. The zero-order valence-corrected chi connectivity index (χ0v) is 11.0. The lowest BCUT2D eigenvalue weighted by atomic mass is 10.1. The molecule has 3 N–H and O–H groups in total. The van der Waals surface area contributed by atoms with Crippen LogP contribution in [-0.2, 0) is 14.3 Å². The van der Waals surface area contributed by atoms with Crippen LogP contribution in [0.2, 0.25) is 0 Å². The number of rotatable bonds is 7. The summed E-state index contributed by atoms with van der Waals surface area (Å²) in [7, 11) is -1.50. The maximum Gasteiger partial charge on any atom is 0.306 e. The van der Waals surface area contributed by atoms with Crippen molar-refractivity contribution in [3.63, 3.8) is 0 Å². The minimum absolute atomic E-state index is 0.0524. The molecule has 104 valence electrons. The second kappa shape index (κ2) is 7.67. The summed E-state index contributed by atoms with van der Waals surface area (Å²) in [6.07, 6.45) is 2.69. The van der Waals surface area contributed by atoms with Crippen molar-refractivity contribution in [3.05, 3.63) is 0 Å². The third kappa shape index (κ3) is 5.29. The van der Waals surface area contributed by atoms with Crippen LogP contribution in [0, 0.1) is 5.92 Å². The van der Waals surface area contributed by atoms with Crippen LogP contribution in [0.25, 0.3) is 0 Å². The standard InChI is InChI=1S/C11H19O6P/c12-9(13)5-4-8(11(14)15)7-18(16)10-3-1-2-6-17-10/h8,10,16H,1-7H2,(H,12,13)(H,14,15). The molecule has 1 rings (SSSR count). The van der Waals surface area contributed by atoms with Crippen LogP contribution in [0.4, 0.5) is 0 Å². The van der Waals surface area contributed by atoms with Gasteiger partial charge in [-0.15, -0.1) is 0 Å². The lowest BCUT2D eigenvalue weighted by Crippen LogP contribution is -2.24. The SMILES string of the molecule is O=C(O)CCC(CP(O)C1CCCCO1)C(=O)O. The van der Waals surface area contributed by atoms with Crippen molar-refractivity contribution in [1.82, 2.24) is 0 Å². The first kappa shape index (κ1) is 15.3. The van der Waals surface area contributed by atoms with Gasteiger partial charge < -0.3 is 19.8 Å². The molecule has 6 nitrogen and oxygen atoms in total. The van der Waals surface area contributed by atoms with Gasteiger partial charge in [0.25, 0.3) is 0 Å². The molecule has 0 aromatic carbocycles. The quantitative estimate of drug-likeness (QED) is 0.609. The minimum Gasteiger partial charge on any atom is -0.481 e. The van der Waals surface area contributed by atoms with E-state index in [1.165, 1.54) is 0 Å². The largest absolute Gasteiger partial charge is 0.481 e. The Morgan fingerprint density at radius 2 is 2.06 bits per heavy atom. The lowest BCUT2D eigenvalue weighted by molar-refractivity contribution is -0.142. The zero-order valence-electron chi connectivity index (χ0n) is 10.1. The predicted octanol–water partition coefficient (Wildman–Crippen LogP) is 1.47. The fourth-order valence-corrected chi connectivity index (χ4v) is 3.68. The summed E-state index contributed by atoms with van der Waals surface area (Å²) in [5, 5.41) is 17.6. The third-order valence-electron chi connectivity index (χ3n) is 2.95. The van der Waals surface area contributed by atoms with Crippen molar-refractivity contribution >= 4 is 20.1 Å². The Morgan fingerprint density at radius 3 is 2.56 bits per heavy atom. The molecule has 0 bridgehead atoms. The van der Waals surface area contributed by atoms with Crippen molar-refractivity contribution in [3.8, 4) is 0 Å². The van der Waals surface area contributed by atoms with Crippen molar-refractivity contribution < 1.29 is 29.4 Å². The molecule has 0 saturated carbocycles. The monoisotopic (exact) mass is 278 g/mol. The van der Waals surface area contributed by atoms with E-state index < -0.39 is 26.0 Å². The Labute approximate surface area is 107 Å². The highest BCUT2D eigenvalue weighted by Gasteiger charge is 2.29. The first-order valence-corrected chi connectivity index (χ1v) is 7.57. The van der Waals surface area contributed by atoms with Gasteiger partial charge in [-0.05, 0) is 25.7 Å². The van der Waals surface area contributed by atoms with E-state index in [0.717, 1.165) is 19.3 Å². The van der Waals surface area contributed by atoms with Gasteiger partial charge in [-0.25, -0.2) is 0 Å². The Balaban J connectivity index is 2.43. The van der Waals surface area contributed by atoms with Crippen molar-refractivity contribution in [2.75, 3.05) is 12.8 Å². The summed E-state index contributed by atoms with van der Waals surface area (Å²) >= 11 is 0. The number of ether oxygens (including phenoxy) is 1. The van der Waals surface area contributed by atoms with Crippen molar-refractivity contribution in [1.29, 1.82) is 0 Å².